The Morgan fingerprint density at radius 1 is 1.53 bits per heavy atom. The highest BCUT2D eigenvalue weighted by molar-refractivity contribution is 5.68. The molecule has 3 atom stereocenters. The van der Waals surface area contributed by atoms with Crippen molar-refractivity contribution in [1.29, 1.82) is 0 Å². The van der Waals surface area contributed by atoms with Gasteiger partial charge in [0.15, 0.2) is 0 Å². The van der Waals surface area contributed by atoms with Crippen molar-refractivity contribution in [3.8, 4) is 0 Å². The minimum Gasteiger partial charge on any atom is -0.445 e. The summed E-state index contributed by atoms with van der Waals surface area (Å²) in [6.45, 7) is 2.01. The number of benzene rings is 1. The van der Waals surface area contributed by atoms with Crippen LogP contribution in [0.15, 0.2) is 30.3 Å². The van der Waals surface area contributed by atoms with Crippen LogP contribution in [0.4, 0.5) is 4.79 Å². The molecule has 1 fully saturated rings. The average molecular weight is 235 g/mol. The maximum absolute atomic E-state index is 11.4. The Bertz CT molecular complexity index is 378. The van der Waals surface area contributed by atoms with Crippen LogP contribution in [0.25, 0.3) is 0 Å². The molecule has 1 aliphatic rings. The third-order valence-electron chi connectivity index (χ3n) is 2.98. The van der Waals surface area contributed by atoms with E-state index in [2.05, 4.69) is 5.32 Å². The smallest absolute Gasteiger partial charge is 0.407 e. The van der Waals surface area contributed by atoms with Gasteiger partial charge in [0.2, 0.25) is 0 Å². The van der Waals surface area contributed by atoms with Crippen molar-refractivity contribution in [3.05, 3.63) is 35.9 Å². The molecule has 2 N–H and O–H groups in total. The number of carbonyl (C=O) groups excluding carboxylic acids is 1. The third kappa shape index (κ3) is 3.46. The summed E-state index contributed by atoms with van der Waals surface area (Å²) in [7, 11) is 0. The normalized spacial score (nSPS) is 23.9. The maximum Gasteiger partial charge on any atom is 0.407 e. The number of rotatable bonds is 4. The van der Waals surface area contributed by atoms with Crippen LogP contribution in [0.5, 0.6) is 0 Å². The Balaban J connectivity index is 1.69. The summed E-state index contributed by atoms with van der Waals surface area (Å²) in [6.07, 6.45) is 0.0504. The lowest BCUT2D eigenvalue weighted by atomic mass is 10.2. The van der Waals surface area contributed by atoms with E-state index in [9.17, 15) is 9.90 Å². The van der Waals surface area contributed by atoms with Crippen molar-refractivity contribution in [2.45, 2.75) is 32.1 Å². The monoisotopic (exact) mass is 235 g/mol. The van der Waals surface area contributed by atoms with Crippen molar-refractivity contribution in [2.75, 3.05) is 0 Å². The lowest BCUT2D eigenvalue weighted by Gasteiger charge is -2.07. The molecular weight excluding hydrogens is 218 g/mol. The van der Waals surface area contributed by atoms with Crippen LogP contribution >= 0.6 is 0 Å². The molecule has 1 saturated carbocycles. The van der Waals surface area contributed by atoms with Gasteiger partial charge in [-0.3, -0.25) is 0 Å². The van der Waals surface area contributed by atoms with Crippen LogP contribution in [-0.2, 0) is 11.3 Å². The SMILES string of the molecule is CC(O)[C@@H]1C[C@H]1NC(=O)OCc1ccccc1. The Kier molecular flexibility index (Phi) is 3.64. The van der Waals surface area contributed by atoms with Gasteiger partial charge in [0, 0.05) is 12.0 Å². The first-order valence-electron chi connectivity index (χ1n) is 5.82. The summed E-state index contributed by atoms with van der Waals surface area (Å²) in [5, 5.41) is 12.0. The predicted octanol–water partition coefficient (Wildman–Crippen LogP) is 1.68. The number of aliphatic hydroxyl groups is 1. The zero-order valence-corrected chi connectivity index (χ0v) is 9.80. The minimum absolute atomic E-state index is 0.0678. The first-order valence-corrected chi connectivity index (χ1v) is 5.82. The van der Waals surface area contributed by atoms with Gasteiger partial charge in [0.05, 0.1) is 6.10 Å². The molecule has 0 radical (unpaired) electrons. The molecule has 1 aromatic rings. The lowest BCUT2D eigenvalue weighted by molar-refractivity contribution is 0.134. The molecule has 1 unspecified atom stereocenters. The Labute approximate surface area is 101 Å². The highest BCUT2D eigenvalue weighted by Crippen LogP contribution is 2.33. The van der Waals surface area contributed by atoms with E-state index in [-0.39, 0.29) is 24.7 Å². The van der Waals surface area contributed by atoms with Crippen molar-refractivity contribution < 1.29 is 14.6 Å². The number of hydrogen-bond acceptors (Lipinski definition) is 3. The average Bonchev–Trinajstić information content (AvgIpc) is 3.07. The van der Waals surface area contributed by atoms with Crippen LogP contribution < -0.4 is 5.32 Å². The summed E-state index contributed by atoms with van der Waals surface area (Å²) >= 11 is 0. The van der Waals surface area contributed by atoms with Crippen molar-refractivity contribution in [2.24, 2.45) is 5.92 Å². The molecule has 0 saturated heterocycles. The molecular formula is C13H17NO3. The lowest BCUT2D eigenvalue weighted by Crippen LogP contribution is -2.29. The molecule has 2 rings (SSSR count). The molecule has 1 aromatic carbocycles. The molecule has 1 aliphatic carbocycles. The summed E-state index contributed by atoms with van der Waals surface area (Å²) in [5.74, 6) is 0.180. The van der Waals surface area contributed by atoms with Crippen LogP contribution in [-0.4, -0.2) is 23.3 Å². The van der Waals surface area contributed by atoms with Crippen LogP contribution in [0.2, 0.25) is 0 Å². The molecule has 0 aliphatic heterocycles. The summed E-state index contributed by atoms with van der Waals surface area (Å²) in [6, 6.07) is 9.60. The van der Waals surface area contributed by atoms with Crippen molar-refractivity contribution in [1.82, 2.24) is 5.32 Å². The fourth-order valence-corrected chi connectivity index (χ4v) is 1.83. The largest absolute Gasteiger partial charge is 0.445 e. The van der Waals surface area contributed by atoms with Crippen LogP contribution in [0.1, 0.15) is 18.9 Å². The molecule has 0 aromatic heterocycles. The third-order valence-corrected chi connectivity index (χ3v) is 2.98. The van der Waals surface area contributed by atoms with Gasteiger partial charge in [-0.15, -0.1) is 0 Å². The molecule has 92 valence electrons. The van der Waals surface area contributed by atoms with Crippen LogP contribution in [0, 0.1) is 5.92 Å². The summed E-state index contributed by atoms with van der Waals surface area (Å²) in [5.41, 5.74) is 0.963. The maximum atomic E-state index is 11.4. The summed E-state index contributed by atoms with van der Waals surface area (Å²) < 4.78 is 5.08. The number of aliphatic hydroxyl groups excluding tert-OH is 1. The number of amides is 1. The second-order valence-electron chi connectivity index (χ2n) is 4.45. The van der Waals surface area contributed by atoms with E-state index in [1.807, 2.05) is 30.3 Å². The fourth-order valence-electron chi connectivity index (χ4n) is 1.83. The van der Waals surface area contributed by atoms with Gasteiger partial charge >= 0.3 is 6.09 Å². The van der Waals surface area contributed by atoms with E-state index in [0.717, 1.165) is 12.0 Å². The van der Waals surface area contributed by atoms with Gasteiger partial charge in [-0.2, -0.15) is 0 Å². The van der Waals surface area contributed by atoms with E-state index in [1.54, 1.807) is 6.92 Å². The molecule has 0 heterocycles. The summed E-state index contributed by atoms with van der Waals surface area (Å²) in [4.78, 5) is 11.4. The number of carbonyl (C=O) groups is 1. The first kappa shape index (κ1) is 11.9. The molecule has 0 bridgehead atoms. The standard InChI is InChI=1S/C13H17NO3/c1-9(15)11-7-12(11)14-13(16)17-8-10-5-3-2-4-6-10/h2-6,9,11-12,15H,7-8H2,1H3,(H,14,16)/t9?,11-,12+/m0/s1. The van der Waals surface area contributed by atoms with Gasteiger partial charge in [-0.05, 0) is 18.9 Å². The number of ether oxygens (including phenoxy) is 1. The van der Waals surface area contributed by atoms with E-state index >= 15 is 0 Å². The van der Waals surface area contributed by atoms with E-state index in [0.29, 0.717) is 0 Å². The molecule has 4 heteroatoms. The Hall–Kier alpha value is -1.55. The zero-order valence-electron chi connectivity index (χ0n) is 9.80. The predicted molar refractivity (Wildman–Crippen MR) is 63.3 cm³/mol. The van der Waals surface area contributed by atoms with E-state index < -0.39 is 6.09 Å². The van der Waals surface area contributed by atoms with E-state index in [4.69, 9.17) is 4.74 Å². The minimum atomic E-state index is -0.415. The Morgan fingerprint density at radius 2 is 2.24 bits per heavy atom. The molecule has 4 nitrogen and oxygen atoms in total. The Morgan fingerprint density at radius 3 is 2.82 bits per heavy atom. The molecule has 17 heavy (non-hydrogen) atoms. The second-order valence-corrected chi connectivity index (χ2v) is 4.45. The van der Waals surface area contributed by atoms with Crippen molar-refractivity contribution >= 4 is 6.09 Å². The number of nitrogens with one attached hydrogen (secondary N) is 1. The number of hydrogen-bond donors (Lipinski definition) is 2. The fraction of sp³-hybridized carbons (Fsp3) is 0.462. The van der Waals surface area contributed by atoms with Gasteiger partial charge in [0.25, 0.3) is 0 Å². The highest BCUT2D eigenvalue weighted by Gasteiger charge is 2.41. The van der Waals surface area contributed by atoms with Gasteiger partial charge < -0.3 is 15.2 Å². The van der Waals surface area contributed by atoms with Gasteiger partial charge in [0.1, 0.15) is 6.61 Å². The highest BCUT2D eigenvalue weighted by atomic mass is 16.5. The second kappa shape index (κ2) is 5.19. The molecule has 1 amide bonds. The van der Waals surface area contributed by atoms with Crippen molar-refractivity contribution in [3.63, 3.8) is 0 Å². The number of alkyl carbamates (subject to hydrolysis) is 1. The zero-order chi connectivity index (χ0) is 12.3. The van der Waals surface area contributed by atoms with Crippen LogP contribution in [0.3, 0.4) is 0 Å². The van der Waals surface area contributed by atoms with E-state index in [1.165, 1.54) is 0 Å². The topological polar surface area (TPSA) is 58.6 Å². The quantitative estimate of drug-likeness (QED) is 0.834. The van der Waals surface area contributed by atoms with Gasteiger partial charge in [-0.1, -0.05) is 30.3 Å². The first-order chi connectivity index (χ1) is 8.16. The van der Waals surface area contributed by atoms with Gasteiger partial charge in [-0.25, -0.2) is 4.79 Å². The molecule has 0 spiro atoms.